The largest absolute Gasteiger partial charge is 0.244 e. The quantitative estimate of drug-likeness (QED) is 0.0442. The maximum atomic E-state index is 2.60. The van der Waals surface area contributed by atoms with E-state index in [1.165, 1.54) is 184 Å². The van der Waals surface area contributed by atoms with Crippen LogP contribution in [0.1, 0.15) is 211 Å². The fourth-order valence-corrected chi connectivity index (χ4v) is 8.44. The Morgan fingerprint density at radius 1 is 0.510 bits per heavy atom. The number of aromatic nitrogens is 2. The van der Waals surface area contributed by atoms with Crippen LogP contribution in [0.15, 0.2) is 79.4 Å². The smallest absolute Gasteiger partial charge is 0.237 e. The summed E-state index contributed by atoms with van der Waals surface area (Å²) in [5.74, 6) is 0. The van der Waals surface area contributed by atoms with E-state index in [4.69, 9.17) is 0 Å². The molecule has 3 rings (SSSR count). The van der Waals surface area contributed by atoms with Gasteiger partial charge in [0.25, 0.3) is 0 Å². The number of rotatable bonds is 33. The van der Waals surface area contributed by atoms with Crippen LogP contribution in [0, 0.1) is 0 Å². The van der Waals surface area contributed by atoms with Gasteiger partial charge < -0.3 is 0 Å². The van der Waals surface area contributed by atoms with Crippen LogP contribution < -0.4 is 4.57 Å². The number of benzene rings is 2. The second-order valence-electron chi connectivity index (χ2n) is 16.3. The van der Waals surface area contributed by atoms with E-state index in [0.717, 1.165) is 13.0 Å². The molecule has 1 heterocycles. The predicted molar refractivity (Wildman–Crippen MR) is 224 cm³/mol. The lowest BCUT2D eigenvalue weighted by molar-refractivity contribution is -0.697. The van der Waals surface area contributed by atoms with Gasteiger partial charge in [0.2, 0.25) is 6.33 Å². The number of hydrogen-bond donors (Lipinski definition) is 0. The number of hydrogen-bond acceptors (Lipinski definition) is 0. The van der Waals surface area contributed by atoms with Crippen LogP contribution in [0.25, 0.3) is 0 Å². The molecule has 0 saturated heterocycles. The molecule has 0 amide bonds. The highest BCUT2D eigenvalue weighted by Gasteiger charge is 2.40. The Morgan fingerprint density at radius 2 is 0.922 bits per heavy atom. The van der Waals surface area contributed by atoms with Crippen LogP contribution in [0.3, 0.4) is 0 Å². The average Bonchev–Trinajstić information content (AvgIpc) is 3.62. The number of nitrogens with zero attached hydrogens (tertiary/aromatic N) is 2. The van der Waals surface area contributed by atoms with Gasteiger partial charge in [-0.25, -0.2) is 9.13 Å². The fourth-order valence-electron chi connectivity index (χ4n) is 8.44. The third kappa shape index (κ3) is 18.3. The van der Waals surface area contributed by atoms with Gasteiger partial charge >= 0.3 is 0 Å². The van der Waals surface area contributed by atoms with E-state index in [0.29, 0.717) is 6.04 Å². The van der Waals surface area contributed by atoms with Gasteiger partial charge in [0.15, 0.2) is 0 Å². The summed E-state index contributed by atoms with van der Waals surface area (Å²) in [5, 5.41) is 0. The SMILES string of the molecule is CCCCCCCCCCCCCCCC[n+]1ccn(C(CCCCCCCCCCCCCC)C(C)(Cc2ccccc2)c2ccccc2)c1. The molecule has 2 unspecified atom stereocenters. The lowest BCUT2D eigenvalue weighted by atomic mass is 9.70. The lowest BCUT2D eigenvalue weighted by Crippen LogP contribution is -2.38. The van der Waals surface area contributed by atoms with E-state index in [2.05, 4.69) is 109 Å². The Labute approximate surface area is 317 Å². The molecule has 2 atom stereocenters. The normalized spacial score (nSPS) is 13.4. The highest BCUT2D eigenvalue weighted by molar-refractivity contribution is 5.30. The molecule has 2 heteroatoms. The number of aryl methyl sites for hydroxylation is 1. The van der Waals surface area contributed by atoms with Crippen LogP contribution in [-0.4, -0.2) is 4.57 Å². The van der Waals surface area contributed by atoms with Gasteiger partial charge in [-0.15, -0.1) is 0 Å². The molecular formula is C49H81N2+. The Bertz CT molecular complexity index is 1180. The molecule has 0 aliphatic rings. The topological polar surface area (TPSA) is 8.81 Å². The molecular weight excluding hydrogens is 617 g/mol. The van der Waals surface area contributed by atoms with Gasteiger partial charge in [-0.05, 0) is 43.2 Å². The van der Waals surface area contributed by atoms with E-state index >= 15 is 0 Å². The molecule has 0 spiro atoms. The molecule has 0 aliphatic heterocycles. The minimum Gasteiger partial charge on any atom is -0.237 e. The van der Waals surface area contributed by atoms with Gasteiger partial charge in [0.1, 0.15) is 18.4 Å². The maximum absolute atomic E-state index is 2.60. The second kappa shape index (κ2) is 28.2. The zero-order valence-corrected chi connectivity index (χ0v) is 34.0. The molecule has 0 N–H and O–H groups in total. The number of unbranched alkanes of at least 4 members (excludes halogenated alkanes) is 24. The van der Waals surface area contributed by atoms with Crippen molar-refractivity contribution in [2.45, 2.75) is 219 Å². The average molecular weight is 698 g/mol. The van der Waals surface area contributed by atoms with Gasteiger partial charge in [0, 0.05) is 5.41 Å². The molecule has 0 radical (unpaired) electrons. The van der Waals surface area contributed by atoms with Crippen LogP contribution in [-0.2, 0) is 18.4 Å². The summed E-state index contributed by atoms with van der Waals surface area (Å²) in [6.07, 6.45) is 46.1. The van der Waals surface area contributed by atoms with Crippen molar-refractivity contribution in [3.63, 3.8) is 0 Å². The highest BCUT2D eigenvalue weighted by Crippen LogP contribution is 2.41. The molecule has 0 fully saturated rings. The Hall–Kier alpha value is -2.35. The standard InChI is InChI=1S/C49H81N2/c1-4-6-8-10-12-14-16-18-19-21-23-25-27-35-41-50-42-43-51(45-50)48(40-34-26-24-22-20-17-15-13-11-9-7-5-2)49(3,47-38-32-29-33-39-47)44-46-36-30-28-31-37-46/h28-33,36-39,42-43,45,48H,4-27,34-35,40-41,44H2,1-3H3/q+1. The van der Waals surface area contributed by atoms with E-state index in [1.54, 1.807) is 0 Å². The molecule has 2 nitrogen and oxygen atoms in total. The van der Waals surface area contributed by atoms with Crippen molar-refractivity contribution in [3.8, 4) is 0 Å². The summed E-state index contributed by atoms with van der Waals surface area (Å²) in [6.45, 7) is 8.29. The van der Waals surface area contributed by atoms with Crippen LogP contribution in [0.5, 0.6) is 0 Å². The van der Waals surface area contributed by atoms with Crippen LogP contribution >= 0.6 is 0 Å². The summed E-state index contributed by atoms with van der Waals surface area (Å²) in [5.41, 5.74) is 2.91. The first-order valence-electron chi connectivity index (χ1n) is 22.3. The van der Waals surface area contributed by atoms with Crippen molar-refractivity contribution >= 4 is 0 Å². The van der Waals surface area contributed by atoms with Crippen molar-refractivity contribution in [3.05, 3.63) is 90.5 Å². The van der Waals surface area contributed by atoms with Crippen molar-refractivity contribution < 1.29 is 4.57 Å². The van der Waals surface area contributed by atoms with E-state index in [-0.39, 0.29) is 5.41 Å². The molecule has 0 bridgehead atoms. The highest BCUT2D eigenvalue weighted by atomic mass is 15.1. The minimum atomic E-state index is 0.00624. The van der Waals surface area contributed by atoms with Crippen molar-refractivity contribution in [1.29, 1.82) is 0 Å². The molecule has 0 saturated carbocycles. The number of imidazole rings is 1. The summed E-state index contributed by atoms with van der Waals surface area (Å²) in [4.78, 5) is 0. The van der Waals surface area contributed by atoms with Crippen LogP contribution in [0.4, 0.5) is 0 Å². The van der Waals surface area contributed by atoms with E-state index in [9.17, 15) is 0 Å². The molecule has 51 heavy (non-hydrogen) atoms. The third-order valence-corrected chi connectivity index (χ3v) is 11.8. The minimum absolute atomic E-state index is 0.00624. The zero-order chi connectivity index (χ0) is 36.1. The molecule has 3 aromatic rings. The summed E-state index contributed by atoms with van der Waals surface area (Å²) < 4.78 is 5.07. The zero-order valence-electron chi connectivity index (χ0n) is 34.0. The van der Waals surface area contributed by atoms with Crippen LogP contribution in [0.2, 0.25) is 0 Å². The van der Waals surface area contributed by atoms with E-state index in [1.807, 2.05) is 0 Å². The summed E-state index contributed by atoms with van der Waals surface area (Å²) >= 11 is 0. The predicted octanol–water partition coefficient (Wildman–Crippen LogP) is 15.1. The second-order valence-corrected chi connectivity index (χ2v) is 16.3. The van der Waals surface area contributed by atoms with Gasteiger partial charge in [0.05, 0.1) is 6.54 Å². The third-order valence-electron chi connectivity index (χ3n) is 11.8. The molecule has 2 aromatic carbocycles. The molecule has 286 valence electrons. The Kier molecular flexibility index (Phi) is 23.8. The van der Waals surface area contributed by atoms with Gasteiger partial charge in [-0.1, -0.05) is 229 Å². The van der Waals surface area contributed by atoms with Crippen molar-refractivity contribution in [2.24, 2.45) is 0 Å². The van der Waals surface area contributed by atoms with Crippen molar-refractivity contribution in [1.82, 2.24) is 4.57 Å². The lowest BCUT2D eigenvalue weighted by Gasteiger charge is -2.37. The molecule has 0 aliphatic carbocycles. The van der Waals surface area contributed by atoms with Crippen molar-refractivity contribution in [2.75, 3.05) is 0 Å². The maximum Gasteiger partial charge on any atom is 0.244 e. The van der Waals surface area contributed by atoms with E-state index < -0.39 is 0 Å². The first-order chi connectivity index (χ1) is 25.2. The summed E-state index contributed by atoms with van der Waals surface area (Å²) in [7, 11) is 0. The van der Waals surface area contributed by atoms with Gasteiger partial charge in [-0.3, -0.25) is 0 Å². The summed E-state index contributed by atoms with van der Waals surface area (Å²) in [6, 6.07) is 23.1. The monoisotopic (exact) mass is 698 g/mol. The molecule has 1 aromatic heterocycles. The Morgan fingerprint density at radius 3 is 1.39 bits per heavy atom. The fraction of sp³-hybridized carbons (Fsp3) is 0.694. The first kappa shape index (κ1) is 43.1. The van der Waals surface area contributed by atoms with Gasteiger partial charge in [-0.2, -0.15) is 0 Å². The first-order valence-corrected chi connectivity index (χ1v) is 22.3. The Balaban J connectivity index is 1.49.